The molecule has 1 aliphatic heterocycles. The number of nitrogens with zero attached hydrogens (tertiary/aromatic N) is 2. The molecule has 18 heavy (non-hydrogen) atoms. The lowest BCUT2D eigenvalue weighted by Gasteiger charge is -2.35. The molecule has 1 aromatic heterocycles. The largest absolute Gasteiger partial charge is 0.393 e. The Kier molecular flexibility index (Phi) is 3.70. The number of nitrogens with two attached hydrogens (primary N) is 1. The van der Waals surface area contributed by atoms with Crippen LogP contribution in [-0.4, -0.2) is 24.2 Å². The van der Waals surface area contributed by atoms with Crippen LogP contribution in [0.25, 0.3) is 0 Å². The van der Waals surface area contributed by atoms with Crippen LogP contribution < -0.4 is 10.6 Å². The number of alkyl halides is 3. The van der Waals surface area contributed by atoms with Crippen LogP contribution in [-0.2, 0) is 0 Å². The van der Waals surface area contributed by atoms with Crippen LogP contribution in [0, 0.1) is 5.92 Å². The van der Waals surface area contributed by atoms with Crippen molar-refractivity contribution in [1.29, 1.82) is 0 Å². The van der Waals surface area contributed by atoms with Crippen molar-refractivity contribution in [1.82, 2.24) is 4.98 Å². The maximum absolute atomic E-state index is 12.7. The Bertz CT molecular complexity index is 436. The molecule has 1 atom stereocenters. The Balaban J connectivity index is 2.21. The molecule has 0 aliphatic carbocycles. The van der Waals surface area contributed by atoms with Crippen LogP contribution in [0.1, 0.15) is 12.8 Å². The van der Waals surface area contributed by atoms with Crippen molar-refractivity contribution >= 4 is 27.6 Å². The molecule has 0 spiro atoms. The minimum Gasteiger partial charge on any atom is -0.384 e. The summed E-state index contributed by atoms with van der Waals surface area (Å²) in [6.45, 7) is 0.514. The first-order chi connectivity index (χ1) is 8.38. The number of aromatic nitrogens is 1. The number of nitrogen functional groups attached to an aromatic ring is 1. The fourth-order valence-electron chi connectivity index (χ4n) is 2.10. The van der Waals surface area contributed by atoms with Crippen molar-refractivity contribution in [2.75, 3.05) is 23.7 Å². The molecule has 100 valence electrons. The van der Waals surface area contributed by atoms with E-state index < -0.39 is 12.1 Å². The van der Waals surface area contributed by atoms with Crippen molar-refractivity contribution < 1.29 is 13.2 Å². The van der Waals surface area contributed by atoms with Crippen molar-refractivity contribution in [2.24, 2.45) is 5.92 Å². The average Bonchev–Trinajstić information content (AvgIpc) is 2.31. The van der Waals surface area contributed by atoms with E-state index in [9.17, 15) is 13.2 Å². The number of pyridine rings is 1. The Labute approximate surface area is 111 Å². The van der Waals surface area contributed by atoms with E-state index in [2.05, 4.69) is 20.9 Å². The van der Waals surface area contributed by atoms with E-state index in [1.165, 1.54) is 0 Å². The molecule has 0 amide bonds. The summed E-state index contributed by atoms with van der Waals surface area (Å²) in [6.07, 6.45) is -3.46. The Morgan fingerprint density at radius 2 is 2.11 bits per heavy atom. The Morgan fingerprint density at radius 1 is 1.39 bits per heavy atom. The molecule has 0 saturated carbocycles. The van der Waals surface area contributed by atoms with Gasteiger partial charge in [-0.1, -0.05) is 0 Å². The van der Waals surface area contributed by atoms with Gasteiger partial charge in [0.2, 0.25) is 0 Å². The molecule has 1 saturated heterocycles. The third-order valence-electron chi connectivity index (χ3n) is 3.03. The molecular weight excluding hydrogens is 311 g/mol. The first-order valence-electron chi connectivity index (χ1n) is 5.61. The maximum Gasteiger partial charge on any atom is 0.393 e. The summed E-state index contributed by atoms with van der Waals surface area (Å²) in [5, 5.41) is 0. The van der Waals surface area contributed by atoms with Crippen LogP contribution in [0.3, 0.4) is 0 Å². The van der Waals surface area contributed by atoms with Crippen molar-refractivity contribution in [3.8, 4) is 0 Å². The van der Waals surface area contributed by atoms with Gasteiger partial charge in [-0.2, -0.15) is 13.2 Å². The minimum atomic E-state index is -4.15. The Morgan fingerprint density at radius 3 is 2.78 bits per heavy atom. The van der Waals surface area contributed by atoms with Crippen LogP contribution >= 0.6 is 15.9 Å². The van der Waals surface area contributed by atoms with Crippen LogP contribution in [0.2, 0.25) is 0 Å². The van der Waals surface area contributed by atoms with E-state index in [0.29, 0.717) is 29.1 Å². The maximum atomic E-state index is 12.7. The van der Waals surface area contributed by atoms with Crippen molar-refractivity contribution in [3.63, 3.8) is 0 Å². The zero-order valence-electron chi connectivity index (χ0n) is 9.54. The topological polar surface area (TPSA) is 42.1 Å². The summed E-state index contributed by atoms with van der Waals surface area (Å²) in [5.41, 5.74) is 5.57. The third-order valence-corrected chi connectivity index (χ3v) is 3.65. The molecule has 2 heterocycles. The van der Waals surface area contributed by atoms with Gasteiger partial charge in [-0.05, 0) is 40.9 Å². The lowest BCUT2D eigenvalue weighted by molar-refractivity contribution is -0.176. The average molecular weight is 324 g/mol. The fraction of sp³-hybridized carbons (Fsp3) is 0.545. The smallest absolute Gasteiger partial charge is 0.384 e. The van der Waals surface area contributed by atoms with Gasteiger partial charge in [0.15, 0.2) is 0 Å². The highest BCUT2D eigenvalue weighted by molar-refractivity contribution is 9.10. The highest BCUT2D eigenvalue weighted by Crippen LogP contribution is 2.36. The number of halogens is 4. The molecule has 0 aromatic carbocycles. The van der Waals surface area contributed by atoms with Gasteiger partial charge in [0.05, 0.1) is 10.4 Å². The highest BCUT2D eigenvalue weighted by atomic mass is 79.9. The minimum absolute atomic E-state index is 0.0570. The van der Waals surface area contributed by atoms with Crippen LogP contribution in [0.4, 0.5) is 24.8 Å². The lowest BCUT2D eigenvalue weighted by atomic mass is 9.97. The first kappa shape index (κ1) is 13.5. The third kappa shape index (κ3) is 2.88. The van der Waals surface area contributed by atoms with E-state index in [1.54, 1.807) is 17.0 Å². The molecule has 3 nitrogen and oxygen atoms in total. The number of rotatable bonds is 1. The second-order valence-electron chi connectivity index (χ2n) is 4.37. The van der Waals surface area contributed by atoms with Gasteiger partial charge in [-0.15, -0.1) is 0 Å². The van der Waals surface area contributed by atoms with Gasteiger partial charge >= 0.3 is 6.18 Å². The molecular formula is C11H13BrF3N3. The first-order valence-corrected chi connectivity index (χ1v) is 6.41. The number of hydrogen-bond acceptors (Lipinski definition) is 3. The highest BCUT2D eigenvalue weighted by Gasteiger charge is 2.42. The lowest BCUT2D eigenvalue weighted by Crippen LogP contribution is -2.42. The van der Waals surface area contributed by atoms with E-state index in [4.69, 9.17) is 5.73 Å². The molecule has 2 rings (SSSR count). The molecule has 1 unspecified atom stereocenters. The molecule has 0 radical (unpaired) electrons. The summed E-state index contributed by atoms with van der Waals surface area (Å²) >= 11 is 3.30. The van der Waals surface area contributed by atoms with Crippen LogP contribution in [0.5, 0.6) is 0 Å². The van der Waals surface area contributed by atoms with Gasteiger partial charge < -0.3 is 10.6 Å². The molecule has 1 aliphatic rings. The summed E-state index contributed by atoms with van der Waals surface area (Å²) < 4.78 is 38.8. The second kappa shape index (κ2) is 4.95. The van der Waals surface area contributed by atoms with E-state index in [-0.39, 0.29) is 13.0 Å². The van der Waals surface area contributed by atoms with Gasteiger partial charge in [0.25, 0.3) is 0 Å². The SMILES string of the molecule is Nc1ccc(Br)c(N2CCCC(C(F)(F)F)C2)n1. The monoisotopic (exact) mass is 323 g/mol. The quantitative estimate of drug-likeness (QED) is 0.863. The van der Waals surface area contributed by atoms with Gasteiger partial charge in [-0.25, -0.2) is 4.98 Å². The standard InChI is InChI=1S/C11H13BrF3N3/c12-8-3-4-9(16)17-10(8)18-5-1-2-7(6-18)11(13,14)15/h3-4,7H,1-2,5-6H2,(H2,16,17). The number of hydrogen-bond donors (Lipinski definition) is 1. The second-order valence-corrected chi connectivity index (χ2v) is 5.22. The molecule has 2 N–H and O–H groups in total. The zero-order valence-corrected chi connectivity index (χ0v) is 11.1. The van der Waals surface area contributed by atoms with Crippen molar-refractivity contribution in [3.05, 3.63) is 16.6 Å². The van der Waals surface area contributed by atoms with Gasteiger partial charge in [0, 0.05) is 13.1 Å². The van der Waals surface area contributed by atoms with Gasteiger partial charge in [-0.3, -0.25) is 0 Å². The number of anilines is 2. The Hall–Kier alpha value is -0.980. The normalized spacial score (nSPS) is 21.1. The van der Waals surface area contributed by atoms with Crippen LogP contribution in [0.15, 0.2) is 16.6 Å². The fourth-order valence-corrected chi connectivity index (χ4v) is 2.58. The van der Waals surface area contributed by atoms with Gasteiger partial charge in [0.1, 0.15) is 11.6 Å². The molecule has 7 heteroatoms. The van der Waals surface area contributed by atoms with Crippen molar-refractivity contribution in [2.45, 2.75) is 19.0 Å². The van der Waals surface area contributed by atoms with E-state index in [1.807, 2.05) is 0 Å². The predicted molar refractivity (Wildman–Crippen MR) is 67.3 cm³/mol. The molecule has 1 aromatic rings. The van der Waals surface area contributed by atoms with E-state index >= 15 is 0 Å². The predicted octanol–water partition coefficient (Wildman–Crippen LogP) is 3.21. The summed E-state index contributed by atoms with van der Waals surface area (Å²) in [4.78, 5) is 5.74. The number of piperidine rings is 1. The van der Waals surface area contributed by atoms with E-state index in [0.717, 1.165) is 0 Å². The molecule has 1 fully saturated rings. The molecule has 0 bridgehead atoms. The summed E-state index contributed by atoms with van der Waals surface area (Å²) in [6, 6.07) is 3.31. The summed E-state index contributed by atoms with van der Waals surface area (Å²) in [7, 11) is 0. The summed E-state index contributed by atoms with van der Waals surface area (Å²) in [5.74, 6) is -0.493. The zero-order chi connectivity index (χ0) is 13.3.